The standard InChI is InChI=1S/C6H8O4/c7-3-4-1-2-5(10-4)6(8)9/h3-5H,1-2H2,(H,8,9)/t4-,5+/m0/s1. The molecule has 0 aromatic carbocycles. The molecule has 0 saturated carbocycles. The van der Waals surface area contributed by atoms with Gasteiger partial charge in [-0.2, -0.15) is 0 Å². The van der Waals surface area contributed by atoms with Gasteiger partial charge in [0.2, 0.25) is 0 Å². The Morgan fingerprint density at radius 3 is 2.60 bits per heavy atom. The van der Waals surface area contributed by atoms with E-state index in [9.17, 15) is 9.59 Å². The second-order valence-corrected chi connectivity index (χ2v) is 2.21. The molecule has 10 heavy (non-hydrogen) atoms. The molecule has 1 fully saturated rings. The van der Waals surface area contributed by atoms with E-state index in [-0.39, 0.29) is 0 Å². The first-order valence-corrected chi connectivity index (χ1v) is 3.07. The number of ether oxygens (including phenoxy) is 1. The first-order valence-electron chi connectivity index (χ1n) is 3.07. The van der Waals surface area contributed by atoms with E-state index >= 15 is 0 Å². The van der Waals surface area contributed by atoms with Gasteiger partial charge >= 0.3 is 5.97 Å². The SMILES string of the molecule is O=C[C@@H]1CC[C@H](C(=O)O)O1. The molecule has 0 amide bonds. The molecule has 1 heterocycles. The van der Waals surface area contributed by atoms with E-state index in [1.54, 1.807) is 0 Å². The van der Waals surface area contributed by atoms with Crippen molar-refractivity contribution in [2.24, 2.45) is 0 Å². The van der Waals surface area contributed by atoms with Crippen molar-refractivity contribution in [3.8, 4) is 0 Å². The van der Waals surface area contributed by atoms with Crippen LogP contribution in [0.4, 0.5) is 0 Å². The number of hydrogen-bond donors (Lipinski definition) is 1. The highest BCUT2D eigenvalue weighted by molar-refractivity contribution is 5.73. The fourth-order valence-corrected chi connectivity index (χ4v) is 0.945. The minimum Gasteiger partial charge on any atom is -0.479 e. The Labute approximate surface area is 57.8 Å². The number of carboxylic acid groups (broad SMARTS) is 1. The van der Waals surface area contributed by atoms with Crippen molar-refractivity contribution in [2.75, 3.05) is 0 Å². The third kappa shape index (κ3) is 1.33. The Kier molecular flexibility index (Phi) is 2.01. The second kappa shape index (κ2) is 2.79. The highest BCUT2D eigenvalue weighted by atomic mass is 16.5. The van der Waals surface area contributed by atoms with Crippen LogP contribution in [-0.2, 0) is 14.3 Å². The van der Waals surface area contributed by atoms with Gasteiger partial charge in [0.1, 0.15) is 12.4 Å². The Morgan fingerprint density at radius 2 is 2.30 bits per heavy atom. The Hall–Kier alpha value is -0.900. The van der Waals surface area contributed by atoms with E-state index in [4.69, 9.17) is 9.84 Å². The van der Waals surface area contributed by atoms with Gasteiger partial charge in [-0.3, -0.25) is 0 Å². The van der Waals surface area contributed by atoms with E-state index < -0.39 is 18.2 Å². The maximum absolute atomic E-state index is 10.2. The summed E-state index contributed by atoms with van der Waals surface area (Å²) in [4.78, 5) is 20.3. The zero-order valence-electron chi connectivity index (χ0n) is 5.32. The van der Waals surface area contributed by atoms with Crippen molar-refractivity contribution in [2.45, 2.75) is 25.0 Å². The lowest BCUT2D eigenvalue weighted by Gasteiger charge is -2.02. The monoisotopic (exact) mass is 144 g/mol. The molecule has 1 aliphatic heterocycles. The average molecular weight is 144 g/mol. The van der Waals surface area contributed by atoms with Crippen LogP contribution in [0.3, 0.4) is 0 Å². The molecule has 4 heteroatoms. The first kappa shape index (κ1) is 7.21. The number of aliphatic carboxylic acids is 1. The fraction of sp³-hybridized carbons (Fsp3) is 0.667. The Bertz CT molecular complexity index is 154. The molecule has 1 rings (SSSR count). The van der Waals surface area contributed by atoms with Crippen LogP contribution < -0.4 is 0 Å². The molecule has 0 aromatic heterocycles. The quantitative estimate of drug-likeness (QED) is 0.546. The van der Waals surface area contributed by atoms with Gasteiger partial charge < -0.3 is 14.6 Å². The summed E-state index contributed by atoms with van der Waals surface area (Å²) in [6.07, 6.45) is 0.346. The fourth-order valence-electron chi connectivity index (χ4n) is 0.945. The summed E-state index contributed by atoms with van der Waals surface area (Å²) in [6, 6.07) is 0. The molecule has 1 saturated heterocycles. The summed E-state index contributed by atoms with van der Waals surface area (Å²) < 4.78 is 4.80. The van der Waals surface area contributed by atoms with Crippen LogP contribution in [0.25, 0.3) is 0 Å². The molecule has 0 unspecified atom stereocenters. The van der Waals surface area contributed by atoms with E-state index in [0.29, 0.717) is 19.1 Å². The van der Waals surface area contributed by atoms with Crippen LogP contribution in [-0.4, -0.2) is 29.6 Å². The van der Waals surface area contributed by atoms with Crippen LogP contribution in [0.1, 0.15) is 12.8 Å². The van der Waals surface area contributed by atoms with Crippen LogP contribution in [0.2, 0.25) is 0 Å². The smallest absolute Gasteiger partial charge is 0.332 e. The van der Waals surface area contributed by atoms with E-state index in [1.165, 1.54) is 0 Å². The van der Waals surface area contributed by atoms with Gasteiger partial charge in [0, 0.05) is 0 Å². The first-order chi connectivity index (χ1) is 4.74. The van der Waals surface area contributed by atoms with Crippen LogP contribution in [0, 0.1) is 0 Å². The average Bonchev–Trinajstić information content (AvgIpc) is 2.34. The lowest BCUT2D eigenvalue weighted by atomic mass is 10.2. The van der Waals surface area contributed by atoms with Crippen LogP contribution in [0.5, 0.6) is 0 Å². The largest absolute Gasteiger partial charge is 0.479 e. The van der Waals surface area contributed by atoms with Gasteiger partial charge in [-0.05, 0) is 12.8 Å². The summed E-state index contributed by atoms with van der Waals surface area (Å²) in [5.74, 6) is -0.982. The van der Waals surface area contributed by atoms with Gasteiger partial charge in [-0.15, -0.1) is 0 Å². The van der Waals surface area contributed by atoms with Crippen molar-refractivity contribution < 1.29 is 19.4 Å². The highest BCUT2D eigenvalue weighted by Crippen LogP contribution is 2.17. The Balaban J connectivity index is 2.42. The molecule has 1 N–H and O–H groups in total. The molecule has 0 aliphatic carbocycles. The van der Waals surface area contributed by atoms with E-state index in [2.05, 4.69) is 0 Å². The lowest BCUT2D eigenvalue weighted by Crippen LogP contribution is -2.20. The van der Waals surface area contributed by atoms with Gasteiger partial charge in [-0.1, -0.05) is 0 Å². The Morgan fingerprint density at radius 1 is 1.60 bits per heavy atom. The number of rotatable bonds is 2. The van der Waals surface area contributed by atoms with Crippen LogP contribution >= 0.6 is 0 Å². The van der Waals surface area contributed by atoms with Gasteiger partial charge in [0.25, 0.3) is 0 Å². The van der Waals surface area contributed by atoms with Crippen molar-refractivity contribution in [3.63, 3.8) is 0 Å². The van der Waals surface area contributed by atoms with E-state index in [0.717, 1.165) is 0 Å². The predicted molar refractivity (Wildman–Crippen MR) is 31.6 cm³/mol. The van der Waals surface area contributed by atoms with Crippen molar-refractivity contribution in [1.82, 2.24) is 0 Å². The molecule has 0 aromatic rings. The maximum Gasteiger partial charge on any atom is 0.332 e. The summed E-state index contributed by atoms with van der Waals surface area (Å²) >= 11 is 0. The second-order valence-electron chi connectivity index (χ2n) is 2.21. The normalized spacial score (nSPS) is 32.0. The van der Waals surface area contributed by atoms with Crippen LogP contribution in [0.15, 0.2) is 0 Å². The van der Waals surface area contributed by atoms with Crippen molar-refractivity contribution in [1.29, 1.82) is 0 Å². The molecule has 2 atom stereocenters. The lowest BCUT2D eigenvalue weighted by molar-refractivity contribution is -0.149. The highest BCUT2D eigenvalue weighted by Gasteiger charge is 2.29. The molecular formula is C6H8O4. The molecule has 4 nitrogen and oxygen atoms in total. The van der Waals surface area contributed by atoms with Crippen molar-refractivity contribution >= 4 is 12.3 Å². The maximum atomic E-state index is 10.2. The molecule has 0 spiro atoms. The molecule has 56 valence electrons. The zero-order valence-corrected chi connectivity index (χ0v) is 5.32. The van der Waals surface area contributed by atoms with Gasteiger partial charge in [0.05, 0.1) is 0 Å². The summed E-state index contributed by atoms with van der Waals surface area (Å²) in [6.45, 7) is 0. The third-order valence-corrected chi connectivity index (χ3v) is 1.48. The molecule has 0 radical (unpaired) electrons. The molecule has 1 aliphatic rings. The molecule has 0 bridgehead atoms. The van der Waals surface area contributed by atoms with Crippen molar-refractivity contribution in [3.05, 3.63) is 0 Å². The number of carbonyl (C=O) groups excluding carboxylic acids is 1. The van der Waals surface area contributed by atoms with E-state index in [1.807, 2.05) is 0 Å². The number of carbonyl (C=O) groups is 2. The topological polar surface area (TPSA) is 63.6 Å². The minimum absolute atomic E-state index is 0.443. The number of hydrogen-bond acceptors (Lipinski definition) is 3. The summed E-state index contributed by atoms with van der Waals surface area (Å²) in [5, 5.41) is 8.39. The number of carboxylic acids is 1. The summed E-state index contributed by atoms with van der Waals surface area (Å²) in [7, 11) is 0. The zero-order chi connectivity index (χ0) is 7.56. The predicted octanol–water partition coefficient (Wildman–Crippen LogP) is -0.182. The third-order valence-electron chi connectivity index (χ3n) is 1.48. The van der Waals surface area contributed by atoms with Gasteiger partial charge in [-0.25, -0.2) is 4.79 Å². The molecular weight excluding hydrogens is 136 g/mol. The van der Waals surface area contributed by atoms with Gasteiger partial charge in [0.15, 0.2) is 6.10 Å². The summed E-state index contributed by atoms with van der Waals surface area (Å²) in [5.41, 5.74) is 0. The number of aldehydes is 1. The minimum atomic E-state index is -0.982.